The predicted molar refractivity (Wildman–Crippen MR) is 87.9 cm³/mol. The Morgan fingerprint density at radius 2 is 1.96 bits per heavy atom. The summed E-state index contributed by atoms with van der Waals surface area (Å²) in [5.41, 5.74) is 2.46. The van der Waals surface area contributed by atoms with Gasteiger partial charge in [0.2, 0.25) is 6.29 Å². The molecule has 1 aliphatic rings. The number of benzene rings is 2. The van der Waals surface area contributed by atoms with Gasteiger partial charge < -0.3 is 14.8 Å². The van der Waals surface area contributed by atoms with E-state index in [0.717, 1.165) is 22.2 Å². The van der Waals surface area contributed by atoms with Gasteiger partial charge in [0.15, 0.2) is 11.5 Å². The van der Waals surface area contributed by atoms with Crippen LogP contribution >= 0.6 is 0 Å². The van der Waals surface area contributed by atoms with Gasteiger partial charge in [-0.25, -0.2) is 9.97 Å². The summed E-state index contributed by atoms with van der Waals surface area (Å²) in [6.07, 6.45) is 6.67. The Hall–Kier alpha value is -3.26. The van der Waals surface area contributed by atoms with E-state index < -0.39 is 0 Å². The molecule has 0 aliphatic carbocycles. The summed E-state index contributed by atoms with van der Waals surface area (Å²) in [5.74, 6) is 4.70. The molecular weight excluding hydrogens is 290 g/mol. The quantitative estimate of drug-likeness (QED) is 0.735. The fourth-order valence-corrected chi connectivity index (χ4v) is 2.55. The van der Waals surface area contributed by atoms with Crippen molar-refractivity contribution in [3.63, 3.8) is 0 Å². The number of rotatable bonds is 2. The molecule has 0 radical (unpaired) electrons. The van der Waals surface area contributed by atoms with E-state index in [1.165, 1.54) is 6.33 Å². The molecule has 23 heavy (non-hydrogen) atoms. The zero-order valence-corrected chi connectivity index (χ0v) is 12.4. The van der Waals surface area contributed by atoms with Gasteiger partial charge in [0.25, 0.3) is 0 Å². The number of fused-ring (bicyclic) bond motifs is 2. The molecule has 1 aliphatic heterocycles. The van der Waals surface area contributed by atoms with Crippen LogP contribution in [0.5, 0.6) is 11.5 Å². The van der Waals surface area contributed by atoms with E-state index in [1.807, 2.05) is 43.3 Å². The largest absolute Gasteiger partial charge is 0.451 e. The second-order valence-corrected chi connectivity index (χ2v) is 5.19. The summed E-state index contributed by atoms with van der Waals surface area (Å²) in [6, 6.07) is 11.4. The molecule has 0 saturated carbocycles. The number of anilines is 2. The van der Waals surface area contributed by atoms with Crippen molar-refractivity contribution in [2.24, 2.45) is 0 Å². The summed E-state index contributed by atoms with van der Waals surface area (Å²) in [5, 5.41) is 4.14. The van der Waals surface area contributed by atoms with Crippen LogP contribution in [0, 0.1) is 12.3 Å². The van der Waals surface area contributed by atoms with Crippen molar-refractivity contribution < 1.29 is 9.47 Å². The number of aromatic nitrogens is 2. The average molecular weight is 303 g/mol. The van der Waals surface area contributed by atoms with Gasteiger partial charge in [0, 0.05) is 29.6 Å². The topological polar surface area (TPSA) is 56.3 Å². The predicted octanol–water partition coefficient (Wildman–Crippen LogP) is 3.47. The third kappa shape index (κ3) is 2.40. The Morgan fingerprint density at radius 3 is 2.78 bits per heavy atom. The van der Waals surface area contributed by atoms with Gasteiger partial charge in [-0.2, -0.15) is 0 Å². The van der Waals surface area contributed by atoms with Gasteiger partial charge in [0.05, 0.1) is 5.52 Å². The van der Waals surface area contributed by atoms with E-state index >= 15 is 0 Å². The maximum Gasteiger partial charge on any atom is 0.238 e. The number of terminal acetylenes is 1. The van der Waals surface area contributed by atoms with Crippen LogP contribution in [0.4, 0.5) is 11.5 Å². The average Bonchev–Trinajstić information content (AvgIpc) is 2.92. The lowest BCUT2D eigenvalue weighted by Crippen LogP contribution is -2.11. The maximum absolute atomic E-state index is 5.62. The number of hydrogen-bond donors (Lipinski definition) is 1. The zero-order valence-electron chi connectivity index (χ0n) is 12.4. The first-order chi connectivity index (χ1) is 11.2. The minimum atomic E-state index is -0.293. The first kappa shape index (κ1) is 13.4. The molecule has 0 amide bonds. The molecule has 1 N–H and O–H groups in total. The molecule has 0 spiro atoms. The molecule has 0 fully saturated rings. The zero-order chi connectivity index (χ0) is 15.8. The van der Waals surface area contributed by atoms with Crippen molar-refractivity contribution >= 4 is 22.4 Å². The second-order valence-electron chi connectivity index (χ2n) is 5.19. The first-order valence-corrected chi connectivity index (χ1v) is 7.19. The van der Waals surface area contributed by atoms with Crippen molar-refractivity contribution in [1.82, 2.24) is 9.97 Å². The highest BCUT2D eigenvalue weighted by atomic mass is 16.7. The highest BCUT2D eigenvalue weighted by Crippen LogP contribution is 2.39. The van der Waals surface area contributed by atoms with Crippen LogP contribution in [0.2, 0.25) is 0 Å². The van der Waals surface area contributed by atoms with Gasteiger partial charge >= 0.3 is 0 Å². The third-order valence-electron chi connectivity index (χ3n) is 3.58. The van der Waals surface area contributed by atoms with E-state index in [1.54, 1.807) is 0 Å². The van der Waals surface area contributed by atoms with Crippen LogP contribution in [-0.2, 0) is 0 Å². The van der Waals surface area contributed by atoms with Crippen LogP contribution in [0.1, 0.15) is 12.5 Å². The molecular formula is C18H13N3O2. The minimum absolute atomic E-state index is 0.293. The number of nitrogens with one attached hydrogen (secondary N) is 1. The molecule has 112 valence electrons. The van der Waals surface area contributed by atoms with Gasteiger partial charge in [-0.15, -0.1) is 6.42 Å². The first-order valence-electron chi connectivity index (χ1n) is 7.19. The summed E-state index contributed by atoms with van der Waals surface area (Å²) >= 11 is 0. The molecule has 3 aromatic rings. The van der Waals surface area contributed by atoms with Crippen molar-refractivity contribution in [1.29, 1.82) is 0 Å². The molecule has 1 atom stereocenters. The standard InChI is InChI=1S/C18H13N3O2/c1-3-12-5-4-6-13(7-12)21-18-14-8-16-17(23-11(2)22-16)9-15(14)19-10-20-18/h1,4-11H,2H3,(H,19,20,21). The lowest BCUT2D eigenvalue weighted by molar-refractivity contribution is 0.0679. The van der Waals surface area contributed by atoms with E-state index in [-0.39, 0.29) is 6.29 Å². The van der Waals surface area contributed by atoms with E-state index in [2.05, 4.69) is 21.2 Å². The van der Waals surface area contributed by atoms with Crippen LogP contribution in [0.15, 0.2) is 42.7 Å². The fraction of sp³-hybridized carbons (Fsp3) is 0.111. The highest BCUT2D eigenvalue weighted by molar-refractivity contribution is 5.93. The van der Waals surface area contributed by atoms with Crippen molar-refractivity contribution in [2.45, 2.75) is 13.2 Å². The summed E-state index contributed by atoms with van der Waals surface area (Å²) in [4.78, 5) is 8.63. The molecule has 0 bridgehead atoms. The molecule has 2 heterocycles. The molecule has 0 saturated heterocycles. The van der Waals surface area contributed by atoms with E-state index in [0.29, 0.717) is 17.3 Å². The lowest BCUT2D eigenvalue weighted by Gasteiger charge is -2.09. The Balaban J connectivity index is 1.78. The van der Waals surface area contributed by atoms with E-state index in [9.17, 15) is 0 Å². The number of nitrogens with zero attached hydrogens (tertiary/aromatic N) is 2. The molecule has 1 aromatic heterocycles. The fourth-order valence-electron chi connectivity index (χ4n) is 2.55. The third-order valence-corrected chi connectivity index (χ3v) is 3.58. The van der Waals surface area contributed by atoms with Crippen LogP contribution in [0.25, 0.3) is 10.9 Å². The Bertz CT molecular complexity index is 947. The second kappa shape index (κ2) is 5.18. The molecule has 1 unspecified atom stereocenters. The Morgan fingerprint density at radius 1 is 1.13 bits per heavy atom. The SMILES string of the molecule is C#Cc1cccc(Nc2ncnc3cc4c(cc23)OC(C)O4)c1. The summed E-state index contributed by atoms with van der Waals surface area (Å²) in [7, 11) is 0. The van der Waals surface area contributed by atoms with Crippen molar-refractivity contribution in [2.75, 3.05) is 5.32 Å². The van der Waals surface area contributed by atoms with Crippen molar-refractivity contribution in [3.8, 4) is 23.8 Å². The highest BCUT2D eigenvalue weighted by Gasteiger charge is 2.22. The number of ether oxygens (including phenoxy) is 2. The Labute approximate surface area is 133 Å². The normalized spacial score (nSPS) is 15.4. The van der Waals surface area contributed by atoms with Crippen LogP contribution < -0.4 is 14.8 Å². The Kier molecular flexibility index (Phi) is 3.02. The van der Waals surface area contributed by atoms with Gasteiger partial charge in [-0.1, -0.05) is 12.0 Å². The summed E-state index contributed by atoms with van der Waals surface area (Å²) in [6.45, 7) is 1.85. The van der Waals surface area contributed by atoms with Crippen LogP contribution in [-0.4, -0.2) is 16.3 Å². The minimum Gasteiger partial charge on any atom is -0.451 e. The smallest absolute Gasteiger partial charge is 0.238 e. The molecule has 4 rings (SSSR count). The van der Waals surface area contributed by atoms with Crippen molar-refractivity contribution in [3.05, 3.63) is 48.3 Å². The molecule has 5 nitrogen and oxygen atoms in total. The molecule has 5 heteroatoms. The van der Waals surface area contributed by atoms with Gasteiger partial charge in [0.1, 0.15) is 12.1 Å². The molecule has 2 aromatic carbocycles. The maximum atomic E-state index is 5.62. The van der Waals surface area contributed by atoms with E-state index in [4.69, 9.17) is 15.9 Å². The van der Waals surface area contributed by atoms with Crippen LogP contribution in [0.3, 0.4) is 0 Å². The monoisotopic (exact) mass is 303 g/mol. The van der Waals surface area contributed by atoms with Gasteiger partial charge in [-0.05, 0) is 24.3 Å². The lowest BCUT2D eigenvalue weighted by atomic mass is 10.2. The van der Waals surface area contributed by atoms with Gasteiger partial charge in [-0.3, -0.25) is 0 Å². The number of hydrogen-bond acceptors (Lipinski definition) is 5. The summed E-state index contributed by atoms with van der Waals surface area (Å²) < 4.78 is 11.2.